The van der Waals surface area contributed by atoms with E-state index in [4.69, 9.17) is 34.0 Å². The summed E-state index contributed by atoms with van der Waals surface area (Å²) in [4.78, 5) is 8.56. The van der Waals surface area contributed by atoms with Crippen molar-refractivity contribution in [2.75, 3.05) is 0 Å². The van der Waals surface area contributed by atoms with E-state index in [0.717, 1.165) is 0 Å². The predicted octanol–water partition coefficient (Wildman–Crippen LogP) is -1.98. The van der Waals surface area contributed by atoms with Crippen molar-refractivity contribution in [2.45, 2.75) is 0 Å². The van der Waals surface area contributed by atoms with E-state index >= 15 is 0 Å². The maximum absolute atomic E-state index is 8.56. The monoisotopic (exact) mass is 206 g/mol. The molecular weight excluding hydrogens is 194 g/mol. The van der Waals surface area contributed by atoms with Crippen LogP contribution < -0.4 is 25.2 Å². The van der Waals surface area contributed by atoms with Crippen molar-refractivity contribution in [3.05, 3.63) is 0 Å². The average Bonchev–Trinajstić information content (AvgIpc) is 1.19. The van der Waals surface area contributed by atoms with Gasteiger partial charge in [-0.3, -0.25) is 0 Å². The van der Waals surface area contributed by atoms with Gasteiger partial charge in [0.1, 0.15) is 0 Å². The van der Waals surface area contributed by atoms with Crippen LogP contribution in [0.2, 0.25) is 0 Å². The SMILES string of the molecule is N.O=C(O)O.[NH2][Cu]([NH2])([NH2])[NH2]. The Kier molecular flexibility index (Phi) is 10.9. The third kappa shape index (κ3) is 1960. The van der Waals surface area contributed by atoms with Gasteiger partial charge in [-0.25, -0.2) is 4.79 Å². The third-order valence-electron chi connectivity index (χ3n) is 0. The van der Waals surface area contributed by atoms with E-state index in [9.17, 15) is 0 Å². The van der Waals surface area contributed by atoms with Gasteiger partial charge in [-0.15, -0.1) is 0 Å². The molecule has 0 rings (SSSR count). The van der Waals surface area contributed by atoms with Gasteiger partial charge in [0, 0.05) is 0 Å². The molecule has 0 saturated heterocycles. The number of nitrogens with two attached hydrogens (primary N) is 4. The molecule has 13 N–H and O–H groups in total. The summed E-state index contributed by atoms with van der Waals surface area (Å²) in [5.74, 6) is 0. The minimum absolute atomic E-state index is 0. The van der Waals surface area contributed by atoms with Crippen molar-refractivity contribution < 1.29 is 28.7 Å². The molecule has 0 aromatic rings. The summed E-state index contributed by atoms with van der Waals surface area (Å²) in [6.07, 6.45) is -1.83. The van der Waals surface area contributed by atoms with Crippen LogP contribution in [0.3, 0.4) is 0 Å². The van der Waals surface area contributed by atoms with Crippen molar-refractivity contribution in [1.29, 1.82) is 0 Å². The van der Waals surface area contributed by atoms with Crippen molar-refractivity contribution in [3.8, 4) is 0 Å². The minimum atomic E-state index is -2.12. The molecule has 0 fully saturated rings. The van der Waals surface area contributed by atoms with E-state index in [-0.39, 0.29) is 6.15 Å². The normalized spacial score (nSPS) is 10.0. The first kappa shape index (κ1) is 16.3. The zero-order valence-corrected chi connectivity index (χ0v) is 6.06. The first-order chi connectivity index (χ1) is 3.73. The van der Waals surface area contributed by atoms with Crippen LogP contribution in [0.5, 0.6) is 0 Å². The molecule has 0 radical (unpaired) electrons. The van der Waals surface area contributed by atoms with Crippen LogP contribution >= 0.6 is 0 Å². The fraction of sp³-hybridized carbons (Fsp3) is 0. The zero-order valence-electron chi connectivity index (χ0n) is 5.12. The third-order valence-corrected chi connectivity index (χ3v) is 0. The van der Waals surface area contributed by atoms with Crippen molar-refractivity contribution in [1.82, 2.24) is 6.15 Å². The molecule has 0 aliphatic heterocycles. The topological polar surface area (TPSA) is 197 Å². The summed E-state index contributed by atoms with van der Waals surface area (Å²) >= 11 is -2.12. The van der Waals surface area contributed by atoms with E-state index in [1.165, 1.54) is 0 Å². The van der Waals surface area contributed by atoms with E-state index in [1.807, 2.05) is 0 Å². The molecule has 71 valence electrons. The molecule has 9 heteroatoms. The molecule has 0 atom stereocenters. The fourth-order valence-electron chi connectivity index (χ4n) is 0. The van der Waals surface area contributed by atoms with Crippen LogP contribution in [-0.2, 0) is 13.7 Å². The molecule has 10 heavy (non-hydrogen) atoms. The summed E-state index contributed by atoms with van der Waals surface area (Å²) in [6, 6.07) is 0. The number of hydrogen-bond donors (Lipinski definition) is 7. The Labute approximate surface area is 60.8 Å². The number of rotatable bonds is 0. The fourth-order valence-corrected chi connectivity index (χ4v) is 0. The van der Waals surface area contributed by atoms with E-state index in [2.05, 4.69) is 0 Å². The second kappa shape index (κ2) is 6.71. The maximum atomic E-state index is 8.56. The first-order valence-electron chi connectivity index (χ1n) is 1.35. The van der Waals surface area contributed by atoms with Crippen molar-refractivity contribution in [3.63, 3.8) is 0 Å². The van der Waals surface area contributed by atoms with Crippen LogP contribution in [0.4, 0.5) is 4.79 Å². The summed E-state index contributed by atoms with van der Waals surface area (Å²) in [6.45, 7) is 0. The second-order valence-corrected chi connectivity index (χ2v) is 2.77. The second-order valence-electron chi connectivity index (χ2n) is 0.886. The summed E-state index contributed by atoms with van der Waals surface area (Å²) in [5.41, 5.74) is 0. The van der Waals surface area contributed by atoms with E-state index in [1.54, 1.807) is 0 Å². The Balaban J connectivity index is -0.0000000910. The molecule has 0 amide bonds. The summed E-state index contributed by atoms with van der Waals surface area (Å²) < 4.78 is 19.1. The molecule has 0 aliphatic rings. The first-order valence-corrected chi connectivity index (χ1v) is 3.52. The Morgan fingerprint density at radius 1 is 1.10 bits per heavy atom. The van der Waals surface area contributed by atoms with Gasteiger partial charge in [-0.1, -0.05) is 0 Å². The Hall–Kier alpha value is -0.411. The van der Waals surface area contributed by atoms with Crippen molar-refractivity contribution >= 4 is 6.16 Å². The van der Waals surface area contributed by atoms with Gasteiger partial charge >= 0.3 is 38.9 Å². The van der Waals surface area contributed by atoms with Gasteiger partial charge in [-0.05, 0) is 0 Å². The molecule has 0 unspecified atom stereocenters. The van der Waals surface area contributed by atoms with Gasteiger partial charge in [-0.2, -0.15) is 0 Å². The standard InChI is InChI=1S/CH2O3.Cu.H3N.4H2N/c2-1(3)4;;;;;;/h(H2,2,3,4);;1H3;4*1H2/q;+4;;4*-1. The quantitative estimate of drug-likeness (QED) is 0.221. The molecule has 0 heterocycles. The molecule has 0 aromatic heterocycles. The van der Waals surface area contributed by atoms with Crippen LogP contribution in [0, 0.1) is 0 Å². The summed E-state index contributed by atoms with van der Waals surface area (Å²) in [5, 5.41) is 13.9. The molecule has 0 saturated carbocycles. The van der Waals surface area contributed by atoms with Crippen LogP contribution in [-0.4, -0.2) is 16.4 Å². The van der Waals surface area contributed by atoms with Crippen LogP contribution in [0.1, 0.15) is 0 Å². The Morgan fingerprint density at radius 3 is 1.10 bits per heavy atom. The van der Waals surface area contributed by atoms with Gasteiger partial charge < -0.3 is 16.4 Å². The summed E-state index contributed by atoms with van der Waals surface area (Å²) in [7, 11) is 0. The zero-order chi connectivity index (χ0) is 8.08. The number of carboxylic acid groups (broad SMARTS) is 2. The van der Waals surface area contributed by atoms with Crippen LogP contribution in [0.25, 0.3) is 0 Å². The van der Waals surface area contributed by atoms with Crippen molar-refractivity contribution in [2.24, 2.45) is 19.0 Å². The predicted molar refractivity (Wildman–Crippen MR) is 32.4 cm³/mol. The van der Waals surface area contributed by atoms with Gasteiger partial charge in [0.05, 0.1) is 0 Å². The molecule has 0 bridgehead atoms. The molecular formula is CH13CuN5O3. The molecule has 0 spiro atoms. The number of hydrogen-bond acceptors (Lipinski definition) is 6. The van der Waals surface area contributed by atoms with Gasteiger partial charge in [0.2, 0.25) is 0 Å². The van der Waals surface area contributed by atoms with Gasteiger partial charge in [0.15, 0.2) is 0 Å². The van der Waals surface area contributed by atoms with E-state index in [0.29, 0.717) is 0 Å². The molecule has 0 aliphatic carbocycles. The molecule has 0 aromatic carbocycles. The number of carbonyl (C=O) groups is 1. The Morgan fingerprint density at radius 2 is 1.10 bits per heavy atom. The Bertz CT molecular complexity index is 79.4. The molecule has 8 nitrogen and oxygen atoms in total. The van der Waals surface area contributed by atoms with Gasteiger partial charge in [0.25, 0.3) is 0 Å². The van der Waals surface area contributed by atoms with E-state index < -0.39 is 19.9 Å². The average molecular weight is 207 g/mol. The van der Waals surface area contributed by atoms with Crippen LogP contribution in [0.15, 0.2) is 0 Å².